The van der Waals surface area contributed by atoms with Crippen LogP contribution in [0.2, 0.25) is 0 Å². The third-order valence-electron chi connectivity index (χ3n) is 2.94. The maximum absolute atomic E-state index is 12.2. The van der Waals surface area contributed by atoms with Crippen molar-refractivity contribution in [1.29, 1.82) is 0 Å². The highest BCUT2D eigenvalue weighted by Crippen LogP contribution is 2.26. The number of aromatic nitrogens is 1. The van der Waals surface area contributed by atoms with Crippen molar-refractivity contribution < 1.29 is 9.53 Å². The number of ether oxygens (including phenoxy) is 1. The van der Waals surface area contributed by atoms with Gasteiger partial charge >= 0.3 is 0 Å². The first kappa shape index (κ1) is 12.2. The molecule has 5 heteroatoms. The van der Waals surface area contributed by atoms with Crippen LogP contribution in [0.4, 0.5) is 5.82 Å². The number of halogens is 1. The Morgan fingerprint density at radius 3 is 3.11 bits per heavy atom. The van der Waals surface area contributed by atoms with Crippen LogP contribution in [0.25, 0.3) is 0 Å². The number of amides is 1. The van der Waals surface area contributed by atoms with E-state index in [1.165, 1.54) is 0 Å². The highest BCUT2D eigenvalue weighted by molar-refractivity contribution is 9.10. The summed E-state index contributed by atoms with van der Waals surface area (Å²) in [6.07, 6.45) is 2.49. The molecule has 1 aromatic heterocycles. The van der Waals surface area contributed by atoms with Crippen LogP contribution >= 0.6 is 15.9 Å². The zero-order valence-corrected chi connectivity index (χ0v) is 11.6. The van der Waals surface area contributed by atoms with Gasteiger partial charge in [-0.25, -0.2) is 4.98 Å². The number of pyridine rings is 1. The van der Waals surface area contributed by atoms with E-state index in [0.717, 1.165) is 22.2 Å². The van der Waals surface area contributed by atoms with Gasteiger partial charge in [0.1, 0.15) is 11.6 Å². The van der Waals surface area contributed by atoms with Gasteiger partial charge in [0, 0.05) is 18.2 Å². The summed E-state index contributed by atoms with van der Waals surface area (Å²) in [4.78, 5) is 16.3. The summed E-state index contributed by atoms with van der Waals surface area (Å²) in [7, 11) is 0. The molecule has 3 rings (SSSR count). The monoisotopic (exact) mass is 318 g/mol. The topological polar surface area (TPSA) is 51.2 Å². The molecule has 0 unspecified atom stereocenters. The number of fused-ring (bicyclic) bond motifs is 1. The van der Waals surface area contributed by atoms with E-state index in [0.29, 0.717) is 18.0 Å². The van der Waals surface area contributed by atoms with Crippen molar-refractivity contribution in [3.8, 4) is 5.75 Å². The molecule has 19 heavy (non-hydrogen) atoms. The molecule has 1 aliphatic heterocycles. The molecule has 0 bridgehead atoms. The maximum atomic E-state index is 12.2. The molecule has 1 N–H and O–H groups in total. The Bertz CT molecular complexity index is 643. The quantitative estimate of drug-likeness (QED) is 0.926. The molecular weight excluding hydrogens is 308 g/mol. The molecule has 0 spiro atoms. The number of hydrogen-bond donors (Lipinski definition) is 1. The van der Waals surface area contributed by atoms with Crippen LogP contribution < -0.4 is 10.1 Å². The van der Waals surface area contributed by atoms with Crippen molar-refractivity contribution in [2.75, 3.05) is 11.9 Å². The standard InChI is InChI=1S/C14H11BrN2O2/c15-11-2-1-6-16-13(11)17-14(18)10-3-4-12-9(8-10)5-7-19-12/h1-4,6,8H,5,7H2,(H,16,17,18). The second-order valence-electron chi connectivity index (χ2n) is 4.21. The van der Waals surface area contributed by atoms with Crippen LogP contribution in [-0.4, -0.2) is 17.5 Å². The van der Waals surface area contributed by atoms with Crippen molar-refractivity contribution in [2.45, 2.75) is 6.42 Å². The number of hydrogen-bond acceptors (Lipinski definition) is 3. The number of benzene rings is 1. The first-order valence-corrected chi connectivity index (χ1v) is 6.71. The van der Waals surface area contributed by atoms with Crippen LogP contribution in [0.15, 0.2) is 41.0 Å². The second kappa shape index (κ2) is 5.01. The average molecular weight is 319 g/mol. The van der Waals surface area contributed by atoms with Gasteiger partial charge in [-0.1, -0.05) is 0 Å². The summed E-state index contributed by atoms with van der Waals surface area (Å²) >= 11 is 3.35. The molecule has 1 amide bonds. The summed E-state index contributed by atoms with van der Waals surface area (Å²) in [5, 5.41) is 2.78. The highest BCUT2D eigenvalue weighted by atomic mass is 79.9. The van der Waals surface area contributed by atoms with Gasteiger partial charge in [0.25, 0.3) is 5.91 Å². The minimum Gasteiger partial charge on any atom is -0.493 e. The SMILES string of the molecule is O=C(Nc1ncccc1Br)c1ccc2c(c1)CCO2. The molecule has 2 heterocycles. The van der Waals surface area contributed by atoms with Gasteiger partial charge in [-0.2, -0.15) is 0 Å². The number of nitrogens with one attached hydrogen (secondary N) is 1. The molecule has 1 aromatic carbocycles. The largest absolute Gasteiger partial charge is 0.493 e. The maximum Gasteiger partial charge on any atom is 0.256 e. The number of rotatable bonds is 2. The average Bonchev–Trinajstić information content (AvgIpc) is 2.88. The smallest absolute Gasteiger partial charge is 0.256 e. The zero-order chi connectivity index (χ0) is 13.2. The minimum absolute atomic E-state index is 0.172. The van der Waals surface area contributed by atoms with Crippen molar-refractivity contribution >= 4 is 27.7 Å². The third-order valence-corrected chi connectivity index (χ3v) is 3.58. The molecular formula is C14H11BrN2O2. The van der Waals surface area contributed by atoms with Crippen LogP contribution in [-0.2, 0) is 6.42 Å². The van der Waals surface area contributed by atoms with E-state index in [9.17, 15) is 4.79 Å². The van der Waals surface area contributed by atoms with Crippen molar-refractivity contribution in [3.05, 3.63) is 52.1 Å². The van der Waals surface area contributed by atoms with Gasteiger partial charge < -0.3 is 10.1 Å². The van der Waals surface area contributed by atoms with Gasteiger partial charge in [0.2, 0.25) is 0 Å². The van der Waals surface area contributed by atoms with Gasteiger partial charge in [-0.3, -0.25) is 4.79 Å². The Hall–Kier alpha value is -1.88. The molecule has 0 radical (unpaired) electrons. The second-order valence-corrected chi connectivity index (χ2v) is 5.06. The lowest BCUT2D eigenvalue weighted by atomic mass is 10.1. The molecule has 0 aliphatic carbocycles. The zero-order valence-electron chi connectivity index (χ0n) is 10.0. The van der Waals surface area contributed by atoms with E-state index >= 15 is 0 Å². The molecule has 0 atom stereocenters. The van der Waals surface area contributed by atoms with Crippen LogP contribution in [0, 0.1) is 0 Å². The lowest BCUT2D eigenvalue weighted by Crippen LogP contribution is -2.13. The molecule has 96 valence electrons. The Balaban J connectivity index is 1.83. The van der Waals surface area contributed by atoms with Crippen molar-refractivity contribution in [3.63, 3.8) is 0 Å². The number of carbonyl (C=O) groups excluding carboxylic acids is 1. The molecule has 4 nitrogen and oxygen atoms in total. The number of carbonyl (C=O) groups is 1. The van der Waals surface area contributed by atoms with Crippen molar-refractivity contribution in [2.24, 2.45) is 0 Å². The Morgan fingerprint density at radius 2 is 2.26 bits per heavy atom. The van der Waals surface area contributed by atoms with E-state index < -0.39 is 0 Å². The van der Waals surface area contributed by atoms with Gasteiger partial charge in [0.15, 0.2) is 0 Å². The lowest BCUT2D eigenvalue weighted by molar-refractivity contribution is 0.102. The number of nitrogens with zero attached hydrogens (tertiary/aromatic N) is 1. The van der Waals surface area contributed by atoms with Crippen LogP contribution in [0.3, 0.4) is 0 Å². The fraction of sp³-hybridized carbons (Fsp3) is 0.143. The van der Waals surface area contributed by atoms with E-state index in [1.807, 2.05) is 18.2 Å². The fourth-order valence-corrected chi connectivity index (χ4v) is 2.34. The normalized spacial score (nSPS) is 12.7. The van der Waals surface area contributed by atoms with Crippen LogP contribution in [0.1, 0.15) is 15.9 Å². The third kappa shape index (κ3) is 2.46. The lowest BCUT2D eigenvalue weighted by Gasteiger charge is -2.07. The summed E-state index contributed by atoms with van der Waals surface area (Å²) in [5.41, 5.74) is 1.69. The number of anilines is 1. The molecule has 2 aromatic rings. The fourth-order valence-electron chi connectivity index (χ4n) is 1.99. The first-order valence-electron chi connectivity index (χ1n) is 5.91. The Kier molecular flexibility index (Phi) is 3.21. The highest BCUT2D eigenvalue weighted by Gasteiger charge is 2.15. The first-order chi connectivity index (χ1) is 9.24. The summed E-state index contributed by atoms with van der Waals surface area (Å²) in [6.45, 7) is 0.687. The van der Waals surface area contributed by atoms with E-state index in [1.54, 1.807) is 18.3 Å². The van der Waals surface area contributed by atoms with Gasteiger partial charge in [-0.15, -0.1) is 0 Å². The predicted molar refractivity (Wildman–Crippen MR) is 75.5 cm³/mol. The molecule has 0 saturated carbocycles. The van der Waals surface area contributed by atoms with E-state index in [4.69, 9.17) is 4.74 Å². The molecule has 1 aliphatic rings. The van der Waals surface area contributed by atoms with Crippen molar-refractivity contribution in [1.82, 2.24) is 4.98 Å². The molecule has 0 fully saturated rings. The summed E-state index contributed by atoms with van der Waals surface area (Å²) < 4.78 is 6.18. The minimum atomic E-state index is -0.172. The summed E-state index contributed by atoms with van der Waals surface area (Å²) in [5.74, 6) is 1.22. The van der Waals surface area contributed by atoms with E-state index in [2.05, 4.69) is 26.2 Å². The van der Waals surface area contributed by atoms with Crippen LogP contribution in [0.5, 0.6) is 5.75 Å². The Morgan fingerprint density at radius 1 is 1.37 bits per heavy atom. The molecule has 0 saturated heterocycles. The van der Waals surface area contributed by atoms with Gasteiger partial charge in [0.05, 0.1) is 11.1 Å². The van der Waals surface area contributed by atoms with Gasteiger partial charge in [-0.05, 0) is 51.8 Å². The Labute approximate surface area is 118 Å². The predicted octanol–water partition coefficient (Wildman–Crippen LogP) is 3.03. The van der Waals surface area contributed by atoms with E-state index in [-0.39, 0.29) is 5.91 Å². The summed E-state index contributed by atoms with van der Waals surface area (Å²) in [6, 6.07) is 9.10.